The molecular weight excluding hydrogens is 205 g/mol. The summed E-state index contributed by atoms with van der Waals surface area (Å²) in [5.74, 6) is 0.525. The molecule has 0 amide bonds. The van der Waals surface area contributed by atoms with Gasteiger partial charge in [-0.3, -0.25) is 0 Å². The molecule has 0 aliphatic heterocycles. The van der Waals surface area contributed by atoms with Gasteiger partial charge in [0.05, 0.1) is 7.11 Å². The molecule has 1 aromatic carbocycles. The summed E-state index contributed by atoms with van der Waals surface area (Å²) in [4.78, 5) is 0. The molecule has 0 heterocycles. The second kappa shape index (κ2) is 5.17. The molecule has 0 saturated heterocycles. The molecule has 0 aliphatic rings. The number of hydrogen-bond donors (Lipinski definition) is 1. The standard InChI is InChI=1S/C10H13ClFNO/c1-13-6-9(12)8-5-7(11)3-4-10(8)14-2/h3-5,9,13H,6H2,1-2H3. The molecule has 0 radical (unpaired) electrons. The Bertz CT molecular complexity index is 306. The van der Waals surface area contributed by atoms with Crippen LogP contribution in [0, 0.1) is 0 Å². The van der Waals surface area contributed by atoms with Crippen molar-refractivity contribution in [3.8, 4) is 5.75 Å². The predicted molar refractivity (Wildman–Crippen MR) is 55.8 cm³/mol. The van der Waals surface area contributed by atoms with E-state index in [4.69, 9.17) is 16.3 Å². The van der Waals surface area contributed by atoms with E-state index in [-0.39, 0.29) is 6.54 Å². The molecule has 1 N–H and O–H groups in total. The van der Waals surface area contributed by atoms with Gasteiger partial charge in [-0.1, -0.05) is 11.6 Å². The molecule has 2 nitrogen and oxygen atoms in total. The molecule has 0 aliphatic carbocycles. The zero-order valence-electron chi connectivity index (χ0n) is 8.18. The third-order valence-electron chi connectivity index (χ3n) is 1.91. The van der Waals surface area contributed by atoms with Crippen LogP contribution >= 0.6 is 11.6 Å². The van der Waals surface area contributed by atoms with Crippen molar-refractivity contribution in [2.24, 2.45) is 0 Å². The van der Waals surface area contributed by atoms with Gasteiger partial charge >= 0.3 is 0 Å². The third-order valence-corrected chi connectivity index (χ3v) is 2.15. The summed E-state index contributed by atoms with van der Waals surface area (Å²) in [6, 6.07) is 4.93. The van der Waals surface area contributed by atoms with Crippen LogP contribution in [0.3, 0.4) is 0 Å². The van der Waals surface area contributed by atoms with Crippen molar-refractivity contribution in [1.82, 2.24) is 5.32 Å². The summed E-state index contributed by atoms with van der Waals surface area (Å²) in [5.41, 5.74) is 0.481. The van der Waals surface area contributed by atoms with Crippen molar-refractivity contribution in [2.45, 2.75) is 6.17 Å². The Morgan fingerprint density at radius 2 is 2.29 bits per heavy atom. The average Bonchev–Trinajstić information content (AvgIpc) is 2.18. The highest BCUT2D eigenvalue weighted by Crippen LogP contribution is 2.29. The van der Waals surface area contributed by atoms with Crippen LogP contribution in [0.5, 0.6) is 5.75 Å². The minimum absolute atomic E-state index is 0.247. The van der Waals surface area contributed by atoms with E-state index in [0.717, 1.165) is 0 Å². The van der Waals surface area contributed by atoms with E-state index in [1.807, 2.05) is 0 Å². The van der Waals surface area contributed by atoms with E-state index in [0.29, 0.717) is 16.3 Å². The second-order valence-electron chi connectivity index (χ2n) is 2.91. The number of halogens is 2. The summed E-state index contributed by atoms with van der Waals surface area (Å²) in [6.07, 6.45) is -1.10. The molecule has 4 heteroatoms. The molecule has 0 saturated carbocycles. The molecule has 1 aromatic rings. The molecule has 1 unspecified atom stereocenters. The van der Waals surface area contributed by atoms with Gasteiger partial charge in [0.25, 0.3) is 0 Å². The highest BCUT2D eigenvalue weighted by atomic mass is 35.5. The van der Waals surface area contributed by atoms with Crippen LogP contribution in [0.1, 0.15) is 11.7 Å². The fourth-order valence-electron chi connectivity index (χ4n) is 1.24. The van der Waals surface area contributed by atoms with Crippen LogP contribution < -0.4 is 10.1 Å². The van der Waals surface area contributed by atoms with E-state index in [2.05, 4.69) is 5.32 Å². The Kier molecular flexibility index (Phi) is 4.17. The van der Waals surface area contributed by atoms with Crippen molar-refractivity contribution >= 4 is 11.6 Å². The molecule has 0 fully saturated rings. The molecule has 0 spiro atoms. The number of methoxy groups -OCH3 is 1. The minimum atomic E-state index is -1.10. The van der Waals surface area contributed by atoms with Gasteiger partial charge in [0.15, 0.2) is 0 Å². The third kappa shape index (κ3) is 2.59. The van der Waals surface area contributed by atoms with E-state index in [1.54, 1.807) is 25.2 Å². The number of ether oxygens (including phenoxy) is 1. The molecule has 0 bridgehead atoms. The van der Waals surface area contributed by atoms with Gasteiger partial charge in [-0.15, -0.1) is 0 Å². The van der Waals surface area contributed by atoms with Crippen molar-refractivity contribution in [2.75, 3.05) is 20.7 Å². The molecule has 1 rings (SSSR count). The number of likely N-dealkylation sites (N-methyl/N-ethyl adjacent to an activating group) is 1. The Morgan fingerprint density at radius 3 is 2.86 bits per heavy atom. The van der Waals surface area contributed by atoms with Crippen molar-refractivity contribution in [1.29, 1.82) is 0 Å². The summed E-state index contributed by atoms with van der Waals surface area (Å²) >= 11 is 5.78. The zero-order chi connectivity index (χ0) is 10.6. The van der Waals surface area contributed by atoms with Crippen LogP contribution in [-0.2, 0) is 0 Å². The molecule has 0 aromatic heterocycles. The lowest BCUT2D eigenvalue weighted by molar-refractivity contribution is 0.318. The first-order chi connectivity index (χ1) is 6.69. The van der Waals surface area contributed by atoms with Crippen LogP contribution in [-0.4, -0.2) is 20.7 Å². The monoisotopic (exact) mass is 217 g/mol. The maximum absolute atomic E-state index is 13.6. The largest absolute Gasteiger partial charge is 0.496 e. The fraction of sp³-hybridized carbons (Fsp3) is 0.400. The molecular formula is C10H13ClFNO. The van der Waals surface area contributed by atoms with E-state index >= 15 is 0 Å². The van der Waals surface area contributed by atoms with Gasteiger partial charge in [-0.25, -0.2) is 4.39 Å². The maximum atomic E-state index is 13.6. The zero-order valence-corrected chi connectivity index (χ0v) is 8.94. The van der Waals surface area contributed by atoms with E-state index in [1.165, 1.54) is 7.11 Å². The van der Waals surface area contributed by atoms with Crippen LogP contribution in [0.25, 0.3) is 0 Å². The molecule has 14 heavy (non-hydrogen) atoms. The Morgan fingerprint density at radius 1 is 1.57 bits per heavy atom. The normalized spacial score (nSPS) is 12.6. The van der Waals surface area contributed by atoms with E-state index in [9.17, 15) is 4.39 Å². The quantitative estimate of drug-likeness (QED) is 0.837. The van der Waals surface area contributed by atoms with Gasteiger partial charge in [-0.05, 0) is 25.2 Å². The number of hydrogen-bond acceptors (Lipinski definition) is 2. The van der Waals surface area contributed by atoms with Gasteiger partial charge in [0, 0.05) is 17.1 Å². The molecule has 1 atom stereocenters. The first-order valence-corrected chi connectivity index (χ1v) is 4.69. The number of alkyl halides is 1. The highest BCUT2D eigenvalue weighted by molar-refractivity contribution is 6.30. The van der Waals surface area contributed by atoms with Crippen LogP contribution in [0.2, 0.25) is 5.02 Å². The van der Waals surface area contributed by atoms with Gasteiger partial charge in [0.1, 0.15) is 11.9 Å². The predicted octanol–water partition coefficient (Wildman–Crippen LogP) is 2.58. The van der Waals surface area contributed by atoms with E-state index < -0.39 is 6.17 Å². The lowest BCUT2D eigenvalue weighted by Gasteiger charge is -2.12. The Balaban J connectivity index is 2.97. The van der Waals surface area contributed by atoms with Gasteiger partial charge < -0.3 is 10.1 Å². The van der Waals surface area contributed by atoms with Gasteiger partial charge in [0.2, 0.25) is 0 Å². The SMILES string of the molecule is CNCC(F)c1cc(Cl)ccc1OC. The molecule has 78 valence electrons. The lowest BCUT2D eigenvalue weighted by atomic mass is 10.1. The van der Waals surface area contributed by atoms with Crippen LogP contribution in [0.15, 0.2) is 18.2 Å². The summed E-state index contributed by atoms with van der Waals surface area (Å²) in [6.45, 7) is 0.247. The minimum Gasteiger partial charge on any atom is -0.496 e. The van der Waals surface area contributed by atoms with Crippen molar-refractivity contribution < 1.29 is 9.13 Å². The first-order valence-electron chi connectivity index (χ1n) is 4.31. The Hall–Kier alpha value is -0.800. The van der Waals surface area contributed by atoms with Crippen molar-refractivity contribution in [3.05, 3.63) is 28.8 Å². The summed E-state index contributed by atoms with van der Waals surface area (Å²) < 4.78 is 18.6. The second-order valence-corrected chi connectivity index (χ2v) is 3.35. The van der Waals surface area contributed by atoms with Gasteiger partial charge in [-0.2, -0.15) is 0 Å². The van der Waals surface area contributed by atoms with Crippen LogP contribution in [0.4, 0.5) is 4.39 Å². The topological polar surface area (TPSA) is 21.3 Å². The fourth-order valence-corrected chi connectivity index (χ4v) is 1.42. The average molecular weight is 218 g/mol. The lowest BCUT2D eigenvalue weighted by Crippen LogP contribution is -2.14. The number of benzene rings is 1. The number of rotatable bonds is 4. The highest BCUT2D eigenvalue weighted by Gasteiger charge is 2.14. The summed E-state index contributed by atoms with van der Waals surface area (Å²) in [7, 11) is 3.21. The number of nitrogens with one attached hydrogen (secondary N) is 1. The van der Waals surface area contributed by atoms with Crippen molar-refractivity contribution in [3.63, 3.8) is 0 Å². The smallest absolute Gasteiger partial charge is 0.141 e. The Labute approximate surface area is 88.0 Å². The first kappa shape index (κ1) is 11.3. The maximum Gasteiger partial charge on any atom is 0.141 e. The summed E-state index contributed by atoms with van der Waals surface area (Å²) in [5, 5.41) is 3.28.